The SMILES string of the molecule is COc1ccc(/C(N)=C/NCC2CCCCO2)c(C)c1. The zero-order chi connectivity index (χ0) is 14.4. The molecule has 0 spiro atoms. The van der Waals surface area contributed by atoms with E-state index in [0.717, 1.165) is 42.1 Å². The molecule has 1 aromatic rings. The van der Waals surface area contributed by atoms with Crippen molar-refractivity contribution in [2.24, 2.45) is 5.73 Å². The van der Waals surface area contributed by atoms with Crippen LogP contribution in [0.3, 0.4) is 0 Å². The van der Waals surface area contributed by atoms with Crippen LogP contribution in [-0.2, 0) is 4.74 Å². The standard InChI is InChI=1S/C16H24N2O2/c1-12-9-13(19-2)6-7-15(12)16(17)11-18-10-14-5-3-4-8-20-14/h6-7,9,11,14,18H,3-5,8,10,17H2,1-2H3/b16-11-. The molecule has 0 bridgehead atoms. The first-order chi connectivity index (χ1) is 9.70. The van der Waals surface area contributed by atoms with Crippen LogP contribution in [-0.4, -0.2) is 26.4 Å². The summed E-state index contributed by atoms with van der Waals surface area (Å²) >= 11 is 0. The lowest BCUT2D eigenvalue weighted by atomic mass is 10.1. The van der Waals surface area contributed by atoms with Crippen LogP contribution in [0, 0.1) is 6.92 Å². The summed E-state index contributed by atoms with van der Waals surface area (Å²) in [5, 5.41) is 3.27. The van der Waals surface area contributed by atoms with Crippen molar-refractivity contribution in [2.45, 2.75) is 32.3 Å². The molecule has 110 valence electrons. The fraction of sp³-hybridized carbons (Fsp3) is 0.500. The number of rotatable bonds is 5. The Morgan fingerprint density at radius 3 is 3.00 bits per heavy atom. The van der Waals surface area contributed by atoms with E-state index in [9.17, 15) is 0 Å². The molecule has 0 saturated carbocycles. The molecule has 1 fully saturated rings. The predicted molar refractivity (Wildman–Crippen MR) is 81.5 cm³/mol. The maximum atomic E-state index is 6.12. The Morgan fingerprint density at radius 1 is 1.50 bits per heavy atom. The molecule has 2 rings (SSSR count). The molecule has 1 aromatic carbocycles. The third kappa shape index (κ3) is 3.90. The average molecular weight is 276 g/mol. The van der Waals surface area contributed by atoms with Gasteiger partial charge < -0.3 is 20.5 Å². The van der Waals surface area contributed by atoms with Crippen LogP contribution in [0.4, 0.5) is 0 Å². The highest BCUT2D eigenvalue weighted by atomic mass is 16.5. The Kier molecular flexibility index (Phi) is 5.30. The Bertz CT molecular complexity index is 466. The van der Waals surface area contributed by atoms with Crippen molar-refractivity contribution in [3.63, 3.8) is 0 Å². The fourth-order valence-corrected chi connectivity index (χ4v) is 2.43. The second kappa shape index (κ2) is 7.20. The molecule has 20 heavy (non-hydrogen) atoms. The van der Waals surface area contributed by atoms with E-state index in [-0.39, 0.29) is 0 Å². The molecular weight excluding hydrogens is 252 g/mol. The van der Waals surface area contributed by atoms with Crippen LogP contribution in [0.25, 0.3) is 5.70 Å². The molecule has 0 aliphatic carbocycles. The summed E-state index contributed by atoms with van der Waals surface area (Å²) in [7, 11) is 1.67. The largest absolute Gasteiger partial charge is 0.497 e. The number of benzene rings is 1. The Balaban J connectivity index is 1.92. The summed E-state index contributed by atoms with van der Waals surface area (Å²) in [6.45, 7) is 3.72. The number of hydrogen-bond acceptors (Lipinski definition) is 4. The number of ether oxygens (including phenoxy) is 2. The molecule has 3 N–H and O–H groups in total. The first kappa shape index (κ1) is 14.7. The minimum atomic E-state index is 0.310. The van der Waals surface area contributed by atoms with E-state index in [2.05, 4.69) is 5.32 Å². The van der Waals surface area contributed by atoms with Crippen molar-refractivity contribution in [3.8, 4) is 5.75 Å². The maximum Gasteiger partial charge on any atom is 0.119 e. The van der Waals surface area contributed by atoms with E-state index in [1.54, 1.807) is 7.11 Å². The van der Waals surface area contributed by atoms with Gasteiger partial charge >= 0.3 is 0 Å². The molecule has 1 heterocycles. The number of hydrogen-bond donors (Lipinski definition) is 2. The van der Waals surface area contributed by atoms with Crippen molar-refractivity contribution in [3.05, 3.63) is 35.5 Å². The highest BCUT2D eigenvalue weighted by Crippen LogP contribution is 2.20. The summed E-state index contributed by atoms with van der Waals surface area (Å²) < 4.78 is 10.9. The summed E-state index contributed by atoms with van der Waals surface area (Å²) in [5.74, 6) is 0.850. The second-order valence-electron chi connectivity index (χ2n) is 5.18. The molecule has 4 heteroatoms. The highest BCUT2D eigenvalue weighted by Gasteiger charge is 2.12. The zero-order valence-corrected chi connectivity index (χ0v) is 12.3. The van der Waals surface area contributed by atoms with Gasteiger partial charge in [0.15, 0.2) is 0 Å². The maximum absolute atomic E-state index is 6.12. The van der Waals surface area contributed by atoms with Crippen molar-refractivity contribution >= 4 is 5.70 Å². The normalized spacial score (nSPS) is 19.7. The molecule has 4 nitrogen and oxygen atoms in total. The molecule has 0 radical (unpaired) electrons. The molecular formula is C16H24N2O2. The summed E-state index contributed by atoms with van der Waals surface area (Å²) in [4.78, 5) is 0. The third-order valence-corrected chi connectivity index (χ3v) is 3.62. The molecule has 1 atom stereocenters. The number of methoxy groups -OCH3 is 1. The first-order valence-electron chi connectivity index (χ1n) is 7.16. The summed E-state index contributed by atoms with van der Waals surface area (Å²) in [5.41, 5.74) is 8.99. The lowest BCUT2D eigenvalue weighted by Crippen LogP contribution is -2.29. The van der Waals surface area contributed by atoms with Crippen molar-refractivity contribution in [2.75, 3.05) is 20.3 Å². The van der Waals surface area contributed by atoms with Crippen LogP contribution in [0.2, 0.25) is 0 Å². The van der Waals surface area contributed by atoms with Crippen molar-refractivity contribution in [1.29, 1.82) is 0 Å². The van der Waals surface area contributed by atoms with Gasteiger partial charge in [-0.15, -0.1) is 0 Å². The monoisotopic (exact) mass is 276 g/mol. The molecule has 0 amide bonds. The third-order valence-electron chi connectivity index (χ3n) is 3.62. The van der Waals surface area contributed by atoms with E-state index in [0.29, 0.717) is 6.10 Å². The van der Waals surface area contributed by atoms with E-state index < -0.39 is 0 Å². The number of aryl methyl sites for hydroxylation is 1. The van der Waals surface area contributed by atoms with Crippen molar-refractivity contribution in [1.82, 2.24) is 5.32 Å². The lowest BCUT2D eigenvalue weighted by molar-refractivity contribution is 0.0188. The Morgan fingerprint density at radius 2 is 2.35 bits per heavy atom. The molecule has 1 saturated heterocycles. The Hall–Kier alpha value is -1.68. The van der Waals surface area contributed by atoms with Crippen LogP contribution < -0.4 is 15.8 Å². The summed E-state index contributed by atoms with van der Waals surface area (Å²) in [6.07, 6.45) is 5.74. The topological polar surface area (TPSA) is 56.5 Å². The van der Waals surface area contributed by atoms with Gasteiger partial charge in [-0.05, 0) is 49.9 Å². The van der Waals surface area contributed by atoms with Gasteiger partial charge in [0.1, 0.15) is 5.75 Å². The van der Waals surface area contributed by atoms with Gasteiger partial charge in [-0.1, -0.05) is 0 Å². The zero-order valence-electron chi connectivity index (χ0n) is 12.3. The fourth-order valence-electron chi connectivity index (χ4n) is 2.43. The van der Waals surface area contributed by atoms with Gasteiger partial charge in [0.25, 0.3) is 0 Å². The Labute approximate surface area is 121 Å². The number of nitrogens with two attached hydrogens (primary N) is 1. The van der Waals surface area contributed by atoms with Crippen LogP contribution in [0.1, 0.15) is 30.4 Å². The first-order valence-corrected chi connectivity index (χ1v) is 7.16. The van der Waals surface area contributed by atoms with E-state index in [4.69, 9.17) is 15.2 Å². The van der Waals surface area contributed by atoms with Crippen LogP contribution in [0.5, 0.6) is 5.75 Å². The van der Waals surface area contributed by atoms with E-state index >= 15 is 0 Å². The van der Waals surface area contributed by atoms with E-state index in [1.165, 1.54) is 12.8 Å². The molecule has 1 aliphatic rings. The second-order valence-corrected chi connectivity index (χ2v) is 5.18. The summed E-state index contributed by atoms with van der Waals surface area (Å²) in [6, 6.07) is 5.90. The van der Waals surface area contributed by atoms with Gasteiger partial charge in [0, 0.05) is 24.9 Å². The van der Waals surface area contributed by atoms with Crippen LogP contribution >= 0.6 is 0 Å². The molecule has 1 unspecified atom stereocenters. The minimum absolute atomic E-state index is 0.310. The van der Waals surface area contributed by atoms with Gasteiger partial charge in [0.05, 0.1) is 18.9 Å². The average Bonchev–Trinajstić information content (AvgIpc) is 2.48. The molecule has 0 aromatic heterocycles. The van der Waals surface area contributed by atoms with Gasteiger partial charge in [-0.3, -0.25) is 0 Å². The van der Waals surface area contributed by atoms with Gasteiger partial charge in [-0.25, -0.2) is 0 Å². The van der Waals surface area contributed by atoms with Gasteiger partial charge in [-0.2, -0.15) is 0 Å². The smallest absolute Gasteiger partial charge is 0.119 e. The van der Waals surface area contributed by atoms with Crippen molar-refractivity contribution < 1.29 is 9.47 Å². The van der Waals surface area contributed by atoms with Crippen LogP contribution in [0.15, 0.2) is 24.4 Å². The minimum Gasteiger partial charge on any atom is -0.497 e. The predicted octanol–water partition coefficient (Wildman–Crippen LogP) is 2.42. The van der Waals surface area contributed by atoms with E-state index in [1.807, 2.05) is 31.3 Å². The quantitative estimate of drug-likeness (QED) is 0.867. The highest BCUT2D eigenvalue weighted by molar-refractivity contribution is 5.66. The van der Waals surface area contributed by atoms with Gasteiger partial charge in [0.2, 0.25) is 0 Å². The molecule has 1 aliphatic heterocycles. The lowest BCUT2D eigenvalue weighted by Gasteiger charge is -2.22. The number of nitrogens with one attached hydrogen (secondary N) is 1.